The average Bonchev–Trinajstić information content (AvgIpc) is 3.09. The first-order valence-corrected chi connectivity index (χ1v) is 15.1. The van der Waals surface area contributed by atoms with E-state index in [-0.39, 0.29) is 0 Å². The second-order valence-corrected chi connectivity index (χ2v) is 11.3. The second-order valence-electron chi connectivity index (χ2n) is 11.3. The van der Waals surface area contributed by atoms with E-state index in [9.17, 15) is 0 Å². The standard InChI is InChI=1S/C41H32N4/c1-27-13-4-6-16-30(27)32-26-35(37-20-11-22-40(45-37)41-29(3)15-12-24-43-41)33(31-17-7-5-14-28(31)2)25-34(32)36-19-10-21-39(44-36)38-18-8-9-23-42-38/h4-26H,1-3H3. The van der Waals surface area contributed by atoms with Gasteiger partial charge in [-0.1, -0.05) is 72.8 Å². The second kappa shape index (κ2) is 12.1. The molecule has 4 heteroatoms. The van der Waals surface area contributed by atoms with Gasteiger partial charge in [0.25, 0.3) is 0 Å². The first-order valence-electron chi connectivity index (χ1n) is 15.1. The van der Waals surface area contributed by atoms with E-state index in [1.54, 1.807) is 6.20 Å². The lowest BCUT2D eigenvalue weighted by Gasteiger charge is -2.20. The highest BCUT2D eigenvalue weighted by Gasteiger charge is 2.20. The maximum Gasteiger partial charge on any atom is 0.0915 e. The van der Waals surface area contributed by atoms with Gasteiger partial charge in [0, 0.05) is 23.5 Å². The van der Waals surface area contributed by atoms with Gasteiger partial charge in [-0.25, -0.2) is 9.97 Å². The van der Waals surface area contributed by atoms with Crippen LogP contribution in [0.25, 0.3) is 67.5 Å². The predicted molar refractivity (Wildman–Crippen MR) is 184 cm³/mol. The SMILES string of the molecule is Cc1ccccc1-c1cc(-c2cccc(-c3ncccc3C)n2)c(-c2ccccc2C)cc1-c1cccc(-c2ccccn2)n1. The van der Waals surface area contributed by atoms with Crippen LogP contribution in [-0.2, 0) is 0 Å². The molecule has 4 heterocycles. The van der Waals surface area contributed by atoms with Crippen molar-refractivity contribution in [2.45, 2.75) is 20.8 Å². The molecule has 7 rings (SSSR count). The van der Waals surface area contributed by atoms with Crippen molar-refractivity contribution < 1.29 is 0 Å². The maximum atomic E-state index is 5.22. The largest absolute Gasteiger partial charge is 0.255 e. The molecule has 0 aliphatic heterocycles. The third-order valence-electron chi connectivity index (χ3n) is 8.26. The number of aromatic nitrogens is 4. The summed E-state index contributed by atoms with van der Waals surface area (Å²) in [5.41, 5.74) is 15.3. The van der Waals surface area contributed by atoms with Gasteiger partial charge in [0.15, 0.2) is 0 Å². The molecule has 3 aromatic carbocycles. The highest BCUT2D eigenvalue weighted by molar-refractivity contribution is 5.95. The Morgan fingerprint density at radius 3 is 1.40 bits per heavy atom. The van der Waals surface area contributed by atoms with Crippen molar-refractivity contribution in [3.63, 3.8) is 0 Å². The zero-order valence-electron chi connectivity index (χ0n) is 25.6. The minimum atomic E-state index is 0.838. The summed E-state index contributed by atoms with van der Waals surface area (Å²) in [6, 6.07) is 44.0. The molecule has 7 aromatic rings. The molecule has 0 bridgehead atoms. The molecule has 0 N–H and O–H groups in total. The fourth-order valence-electron chi connectivity index (χ4n) is 5.93. The average molecular weight is 581 g/mol. The van der Waals surface area contributed by atoms with E-state index < -0.39 is 0 Å². The molecule has 0 amide bonds. The van der Waals surface area contributed by atoms with Crippen molar-refractivity contribution in [1.29, 1.82) is 0 Å². The summed E-state index contributed by atoms with van der Waals surface area (Å²) < 4.78 is 0. The van der Waals surface area contributed by atoms with Crippen LogP contribution in [0.1, 0.15) is 16.7 Å². The highest BCUT2D eigenvalue weighted by Crippen LogP contribution is 2.43. The lowest BCUT2D eigenvalue weighted by Crippen LogP contribution is -1.98. The van der Waals surface area contributed by atoms with E-state index in [4.69, 9.17) is 9.97 Å². The number of hydrogen-bond acceptors (Lipinski definition) is 4. The molecular formula is C41H32N4. The Labute approximate surface area is 264 Å². The Bertz CT molecular complexity index is 2150. The van der Waals surface area contributed by atoms with Gasteiger partial charge in [-0.15, -0.1) is 0 Å². The molecule has 45 heavy (non-hydrogen) atoms. The van der Waals surface area contributed by atoms with Crippen molar-refractivity contribution >= 4 is 0 Å². The predicted octanol–water partition coefficient (Wildman–Crippen LogP) is 10.2. The Morgan fingerprint density at radius 2 is 0.822 bits per heavy atom. The number of nitrogens with zero attached hydrogens (tertiary/aromatic N) is 4. The summed E-state index contributed by atoms with van der Waals surface area (Å²) >= 11 is 0. The molecular weight excluding hydrogens is 548 g/mol. The fraction of sp³-hybridized carbons (Fsp3) is 0.0732. The Morgan fingerprint density at radius 1 is 0.333 bits per heavy atom. The first-order chi connectivity index (χ1) is 22.1. The van der Waals surface area contributed by atoms with Crippen molar-refractivity contribution in [2.24, 2.45) is 0 Å². The lowest BCUT2D eigenvalue weighted by atomic mass is 9.86. The van der Waals surface area contributed by atoms with Crippen LogP contribution in [0.4, 0.5) is 0 Å². The normalized spacial score (nSPS) is 11.0. The van der Waals surface area contributed by atoms with Crippen molar-refractivity contribution in [2.75, 3.05) is 0 Å². The molecule has 0 saturated heterocycles. The van der Waals surface area contributed by atoms with Crippen LogP contribution >= 0.6 is 0 Å². The molecule has 216 valence electrons. The molecule has 0 saturated carbocycles. The summed E-state index contributed by atoms with van der Waals surface area (Å²) in [4.78, 5) is 19.6. The quantitative estimate of drug-likeness (QED) is 0.196. The van der Waals surface area contributed by atoms with Gasteiger partial charge in [0.1, 0.15) is 0 Å². The van der Waals surface area contributed by atoms with Gasteiger partial charge in [-0.3, -0.25) is 9.97 Å². The van der Waals surface area contributed by atoms with Crippen LogP contribution in [-0.4, -0.2) is 19.9 Å². The number of rotatable bonds is 6. The van der Waals surface area contributed by atoms with Gasteiger partial charge < -0.3 is 0 Å². The summed E-state index contributed by atoms with van der Waals surface area (Å²) in [6.07, 6.45) is 3.63. The molecule has 0 aliphatic carbocycles. The van der Waals surface area contributed by atoms with Crippen LogP contribution < -0.4 is 0 Å². The molecule has 0 atom stereocenters. The van der Waals surface area contributed by atoms with Crippen LogP contribution in [0.3, 0.4) is 0 Å². The van der Waals surface area contributed by atoms with Crippen LogP contribution in [0.5, 0.6) is 0 Å². The van der Waals surface area contributed by atoms with E-state index >= 15 is 0 Å². The van der Waals surface area contributed by atoms with Crippen molar-refractivity contribution in [3.8, 4) is 67.5 Å². The Hall–Kier alpha value is -5.74. The summed E-state index contributed by atoms with van der Waals surface area (Å²) in [5, 5.41) is 0. The summed E-state index contributed by atoms with van der Waals surface area (Å²) in [6.45, 7) is 6.40. The molecule has 4 nitrogen and oxygen atoms in total. The van der Waals surface area contributed by atoms with Gasteiger partial charge in [-0.05, 0) is 114 Å². The van der Waals surface area contributed by atoms with E-state index in [1.807, 2.05) is 42.6 Å². The molecule has 0 unspecified atom stereocenters. The Kier molecular flexibility index (Phi) is 7.54. The van der Waals surface area contributed by atoms with Gasteiger partial charge in [0.2, 0.25) is 0 Å². The number of benzene rings is 3. The molecule has 0 spiro atoms. The number of pyridine rings is 4. The van der Waals surface area contributed by atoms with Crippen molar-refractivity contribution in [1.82, 2.24) is 19.9 Å². The van der Waals surface area contributed by atoms with E-state index in [1.165, 1.54) is 11.1 Å². The van der Waals surface area contributed by atoms with Gasteiger partial charge in [0.05, 0.1) is 34.2 Å². The molecule has 4 aromatic heterocycles. The molecule has 0 fully saturated rings. The van der Waals surface area contributed by atoms with Gasteiger partial charge in [-0.2, -0.15) is 0 Å². The van der Waals surface area contributed by atoms with Crippen LogP contribution in [0.2, 0.25) is 0 Å². The van der Waals surface area contributed by atoms with Crippen LogP contribution in [0.15, 0.2) is 140 Å². The van der Waals surface area contributed by atoms with E-state index in [2.05, 4.69) is 122 Å². The third-order valence-corrected chi connectivity index (χ3v) is 8.26. The molecule has 0 aliphatic rings. The zero-order valence-corrected chi connectivity index (χ0v) is 25.6. The monoisotopic (exact) mass is 580 g/mol. The highest BCUT2D eigenvalue weighted by atomic mass is 14.8. The Balaban J connectivity index is 1.53. The summed E-state index contributed by atoms with van der Waals surface area (Å²) in [7, 11) is 0. The topological polar surface area (TPSA) is 51.6 Å². The number of hydrogen-bond donors (Lipinski definition) is 0. The maximum absolute atomic E-state index is 5.22. The van der Waals surface area contributed by atoms with E-state index in [0.717, 1.165) is 73.1 Å². The zero-order chi connectivity index (χ0) is 30.8. The van der Waals surface area contributed by atoms with E-state index in [0.29, 0.717) is 0 Å². The van der Waals surface area contributed by atoms with Gasteiger partial charge >= 0.3 is 0 Å². The fourth-order valence-corrected chi connectivity index (χ4v) is 5.93. The minimum Gasteiger partial charge on any atom is -0.255 e. The molecule has 0 radical (unpaired) electrons. The first kappa shape index (κ1) is 28.1. The summed E-state index contributed by atoms with van der Waals surface area (Å²) in [5.74, 6) is 0. The third kappa shape index (κ3) is 5.54. The van der Waals surface area contributed by atoms with Crippen molar-refractivity contribution in [3.05, 3.63) is 156 Å². The minimum absolute atomic E-state index is 0.838. The smallest absolute Gasteiger partial charge is 0.0915 e. The lowest BCUT2D eigenvalue weighted by molar-refractivity contribution is 1.21. The number of aryl methyl sites for hydroxylation is 3. The van der Waals surface area contributed by atoms with Crippen LogP contribution in [0, 0.1) is 20.8 Å².